The zero-order valence-electron chi connectivity index (χ0n) is 10.0. The average molecular weight is 244 g/mol. The molecule has 0 atom stereocenters. The maximum Gasteiger partial charge on any atom is 0.272 e. The summed E-state index contributed by atoms with van der Waals surface area (Å²) in [6, 6.07) is 11.2. The molecule has 4 nitrogen and oxygen atoms in total. The lowest BCUT2D eigenvalue weighted by atomic mass is 10.1. The summed E-state index contributed by atoms with van der Waals surface area (Å²) in [5.41, 5.74) is 2.41. The van der Waals surface area contributed by atoms with E-state index in [-0.39, 0.29) is 12.5 Å². The fraction of sp³-hybridized carbons (Fsp3) is 0.214. The largest absolute Gasteiger partial charge is 0.396 e. The van der Waals surface area contributed by atoms with Crippen LogP contribution in [0.15, 0.2) is 42.6 Å². The van der Waals surface area contributed by atoms with Crippen LogP contribution in [0.2, 0.25) is 0 Å². The number of anilines is 1. The molecule has 94 valence electrons. The van der Waals surface area contributed by atoms with Gasteiger partial charge in [0, 0.05) is 18.5 Å². The summed E-state index contributed by atoms with van der Waals surface area (Å²) in [6.45, 7) is 0.180. The van der Waals surface area contributed by atoms with Crippen LogP contribution in [0.25, 0.3) is 0 Å². The first-order valence-electron chi connectivity index (χ1n) is 5.94. The van der Waals surface area contributed by atoms with E-state index in [0.717, 1.165) is 24.1 Å². The molecule has 0 saturated carbocycles. The van der Waals surface area contributed by atoms with Gasteiger partial charge in [-0.1, -0.05) is 12.1 Å². The molecule has 0 aliphatic heterocycles. The number of hydrogen-bond donors (Lipinski definition) is 3. The molecular weight excluding hydrogens is 228 g/mol. The van der Waals surface area contributed by atoms with Crippen LogP contribution >= 0.6 is 0 Å². The number of aromatic amines is 1. The fourth-order valence-corrected chi connectivity index (χ4v) is 1.76. The van der Waals surface area contributed by atoms with E-state index < -0.39 is 0 Å². The highest BCUT2D eigenvalue weighted by Crippen LogP contribution is 2.13. The number of carbonyl (C=O) groups is 1. The van der Waals surface area contributed by atoms with Gasteiger partial charge in [-0.3, -0.25) is 4.79 Å². The van der Waals surface area contributed by atoms with Crippen LogP contribution in [-0.2, 0) is 6.42 Å². The molecule has 0 spiro atoms. The summed E-state index contributed by atoms with van der Waals surface area (Å²) in [4.78, 5) is 14.7. The van der Waals surface area contributed by atoms with Crippen molar-refractivity contribution in [1.82, 2.24) is 4.98 Å². The van der Waals surface area contributed by atoms with Crippen molar-refractivity contribution >= 4 is 11.6 Å². The average Bonchev–Trinajstić information content (AvgIpc) is 2.91. The Labute approximate surface area is 106 Å². The molecule has 0 radical (unpaired) electrons. The Morgan fingerprint density at radius 3 is 2.89 bits per heavy atom. The third-order valence-corrected chi connectivity index (χ3v) is 2.65. The van der Waals surface area contributed by atoms with Gasteiger partial charge in [-0.05, 0) is 42.7 Å². The third kappa shape index (κ3) is 3.21. The monoisotopic (exact) mass is 244 g/mol. The van der Waals surface area contributed by atoms with Crippen LogP contribution in [0.1, 0.15) is 22.5 Å². The zero-order valence-corrected chi connectivity index (χ0v) is 10.0. The molecule has 0 bridgehead atoms. The van der Waals surface area contributed by atoms with E-state index in [0.29, 0.717) is 5.69 Å². The highest BCUT2D eigenvalue weighted by atomic mass is 16.2. The SMILES string of the molecule is O=C(Nc1cccc(CCCO)c1)c1ccc[nH]1. The first-order valence-corrected chi connectivity index (χ1v) is 5.94. The Hall–Kier alpha value is -2.07. The lowest BCUT2D eigenvalue weighted by Gasteiger charge is -2.06. The number of amides is 1. The number of hydrogen-bond acceptors (Lipinski definition) is 2. The van der Waals surface area contributed by atoms with Crippen molar-refractivity contribution < 1.29 is 9.90 Å². The van der Waals surface area contributed by atoms with E-state index in [1.165, 1.54) is 0 Å². The van der Waals surface area contributed by atoms with Crippen molar-refractivity contribution in [3.05, 3.63) is 53.9 Å². The van der Waals surface area contributed by atoms with Crippen molar-refractivity contribution in [2.24, 2.45) is 0 Å². The van der Waals surface area contributed by atoms with Gasteiger partial charge in [-0.25, -0.2) is 0 Å². The summed E-state index contributed by atoms with van der Waals surface area (Å²) < 4.78 is 0. The first kappa shape index (κ1) is 12.4. The Kier molecular flexibility index (Phi) is 4.15. The van der Waals surface area contributed by atoms with Crippen molar-refractivity contribution in [2.45, 2.75) is 12.8 Å². The molecule has 4 heteroatoms. The number of H-pyrrole nitrogens is 1. The standard InChI is InChI=1S/C14H16N2O2/c17-9-3-5-11-4-1-6-12(10-11)16-14(18)13-7-2-8-15-13/h1-2,4,6-8,10,15,17H,3,5,9H2,(H,16,18). The second-order valence-electron chi connectivity index (χ2n) is 4.07. The van der Waals surface area contributed by atoms with Gasteiger partial charge in [0.05, 0.1) is 0 Å². The predicted octanol–water partition coefficient (Wildman–Crippen LogP) is 2.19. The number of aromatic nitrogens is 1. The molecule has 2 rings (SSSR count). The Morgan fingerprint density at radius 2 is 2.17 bits per heavy atom. The van der Waals surface area contributed by atoms with Crippen LogP contribution in [0.4, 0.5) is 5.69 Å². The lowest BCUT2D eigenvalue weighted by Crippen LogP contribution is -2.12. The first-order chi connectivity index (χ1) is 8.79. The summed E-state index contributed by atoms with van der Waals surface area (Å²) in [5, 5.41) is 11.6. The summed E-state index contributed by atoms with van der Waals surface area (Å²) in [6.07, 6.45) is 3.25. The number of aryl methyl sites for hydroxylation is 1. The third-order valence-electron chi connectivity index (χ3n) is 2.65. The number of aliphatic hydroxyl groups excluding tert-OH is 1. The van der Waals surface area contributed by atoms with Crippen LogP contribution < -0.4 is 5.32 Å². The maximum absolute atomic E-state index is 11.8. The summed E-state index contributed by atoms with van der Waals surface area (Å²) >= 11 is 0. The van der Waals surface area contributed by atoms with E-state index in [1.54, 1.807) is 18.3 Å². The lowest BCUT2D eigenvalue weighted by molar-refractivity contribution is 0.102. The van der Waals surface area contributed by atoms with Gasteiger partial charge in [-0.15, -0.1) is 0 Å². The van der Waals surface area contributed by atoms with Gasteiger partial charge in [-0.2, -0.15) is 0 Å². The topological polar surface area (TPSA) is 65.1 Å². The summed E-state index contributed by atoms with van der Waals surface area (Å²) in [5.74, 6) is -0.153. The molecule has 0 saturated heterocycles. The van der Waals surface area contributed by atoms with Gasteiger partial charge in [0.2, 0.25) is 0 Å². The quantitative estimate of drug-likeness (QED) is 0.754. The van der Waals surface area contributed by atoms with Crippen molar-refractivity contribution in [3.8, 4) is 0 Å². The van der Waals surface area contributed by atoms with Gasteiger partial charge < -0.3 is 15.4 Å². The number of rotatable bonds is 5. The smallest absolute Gasteiger partial charge is 0.272 e. The second-order valence-corrected chi connectivity index (χ2v) is 4.07. The predicted molar refractivity (Wildman–Crippen MR) is 70.6 cm³/mol. The molecular formula is C14H16N2O2. The van der Waals surface area contributed by atoms with E-state index >= 15 is 0 Å². The van der Waals surface area contributed by atoms with Gasteiger partial charge in [0.15, 0.2) is 0 Å². The number of nitrogens with one attached hydrogen (secondary N) is 2. The van der Waals surface area contributed by atoms with E-state index in [2.05, 4.69) is 10.3 Å². The molecule has 1 amide bonds. The molecule has 2 aromatic rings. The maximum atomic E-state index is 11.8. The van der Waals surface area contributed by atoms with Gasteiger partial charge in [0.25, 0.3) is 5.91 Å². The zero-order chi connectivity index (χ0) is 12.8. The van der Waals surface area contributed by atoms with E-state index in [4.69, 9.17) is 5.11 Å². The molecule has 1 aromatic heterocycles. The molecule has 0 aliphatic rings. The molecule has 0 aliphatic carbocycles. The van der Waals surface area contributed by atoms with Gasteiger partial charge >= 0.3 is 0 Å². The highest BCUT2D eigenvalue weighted by molar-refractivity contribution is 6.02. The Balaban J connectivity index is 2.03. The molecule has 0 unspecified atom stereocenters. The Morgan fingerprint density at radius 1 is 1.28 bits per heavy atom. The van der Waals surface area contributed by atoms with E-state index in [9.17, 15) is 4.79 Å². The van der Waals surface area contributed by atoms with Crippen molar-refractivity contribution in [2.75, 3.05) is 11.9 Å². The van der Waals surface area contributed by atoms with E-state index in [1.807, 2.05) is 24.3 Å². The minimum absolute atomic E-state index is 0.153. The van der Waals surface area contributed by atoms with Gasteiger partial charge in [0.1, 0.15) is 5.69 Å². The minimum Gasteiger partial charge on any atom is -0.396 e. The van der Waals surface area contributed by atoms with Crippen LogP contribution in [0.5, 0.6) is 0 Å². The van der Waals surface area contributed by atoms with Crippen LogP contribution in [0.3, 0.4) is 0 Å². The van der Waals surface area contributed by atoms with Crippen LogP contribution in [0, 0.1) is 0 Å². The number of carbonyl (C=O) groups excluding carboxylic acids is 1. The van der Waals surface area contributed by atoms with Crippen LogP contribution in [-0.4, -0.2) is 22.6 Å². The number of aliphatic hydroxyl groups is 1. The number of benzene rings is 1. The highest BCUT2D eigenvalue weighted by Gasteiger charge is 2.06. The van der Waals surface area contributed by atoms with Crippen molar-refractivity contribution in [1.29, 1.82) is 0 Å². The van der Waals surface area contributed by atoms with Crippen molar-refractivity contribution in [3.63, 3.8) is 0 Å². The molecule has 18 heavy (non-hydrogen) atoms. The molecule has 1 aromatic carbocycles. The minimum atomic E-state index is -0.153. The second kappa shape index (κ2) is 6.02. The molecule has 3 N–H and O–H groups in total. The molecule has 0 fully saturated rings. The summed E-state index contributed by atoms with van der Waals surface area (Å²) in [7, 11) is 0. The Bertz CT molecular complexity index is 506. The fourth-order valence-electron chi connectivity index (χ4n) is 1.76. The normalized spacial score (nSPS) is 10.3. The molecule has 1 heterocycles.